The van der Waals surface area contributed by atoms with E-state index >= 15 is 0 Å². The van der Waals surface area contributed by atoms with Crippen LogP contribution < -0.4 is 5.73 Å². The summed E-state index contributed by atoms with van der Waals surface area (Å²) in [6.07, 6.45) is 0.644. The molecule has 0 spiro atoms. The lowest BCUT2D eigenvalue weighted by Crippen LogP contribution is -2.30. The Morgan fingerprint density at radius 1 is 1.54 bits per heavy atom. The standard InChI is InChI=1S/C8H9BrN2O2/c9-3-1-7(12)11-4-2-6(5-11)8(10)13/h6H,2,4-5H2,(H2,10,13). The molecule has 4 nitrogen and oxygen atoms in total. The molecule has 2 N–H and O–H groups in total. The van der Waals surface area contributed by atoms with Gasteiger partial charge in [-0.1, -0.05) is 0 Å². The second-order valence-electron chi connectivity index (χ2n) is 2.86. The van der Waals surface area contributed by atoms with Crippen molar-refractivity contribution in [2.24, 2.45) is 11.7 Å². The van der Waals surface area contributed by atoms with Crippen molar-refractivity contribution in [3.63, 3.8) is 0 Å². The highest BCUT2D eigenvalue weighted by Crippen LogP contribution is 2.15. The van der Waals surface area contributed by atoms with Gasteiger partial charge in [0.15, 0.2) is 0 Å². The van der Waals surface area contributed by atoms with Crippen LogP contribution in [0.5, 0.6) is 0 Å². The smallest absolute Gasteiger partial charge is 0.299 e. The molecule has 5 heteroatoms. The molecule has 1 saturated heterocycles. The molecular weight excluding hydrogens is 236 g/mol. The third-order valence-electron chi connectivity index (χ3n) is 2.03. The predicted octanol–water partition coefficient (Wildman–Crippen LogP) is -0.324. The van der Waals surface area contributed by atoms with Gasteiger partial charge in [0.05, 0.1) is 5.92 Å². The van der Waals surface area contributed by atoms with Gasteiger partial charge in [0, 0.05) is 34.9 Å². The largest absolute Gasteiger partial charge is 0.369 e. The lowest BCUT2D eigenvalue weighted by atomic mass is 10.1. The number of hydrogen-bond acceptors (Lipinski definition) is 2. The monoisotopic (exact) mass is 244 g/mol. The number of rotatable bonds is 1. The van der Waals surface area contributed by atoms with Gasteiger partial charge < -0.3 is 10.6 Å². The second-order valence-corrected chi connectivity index (χ2v) is 3.26. The Hall–Kier alpha value is -1.02. The first-order chi connectivity index (χ1) is 6.15. The molecule has 13 heavy (non-hydrogen) atoms. The minimum absolute atomic E-state index is 0.207. The predicted molar refractivity (Wildman–Crippen MR) is 50.6 cm³/mol. The molecule has 1 heterocycles. The maximum absolute atomic E-state index is 11.2. The summed E-state index contributed by atoms with van der Waals surface area (Å²) in [4.78, 5) is 25.8. The Balaban J connectivity index is 2.53. The average molecular weight is 245 g/mol. The van der Waals surface area contributed by atoms with Crippen LogP contribution in [0.1, 0.15) is 6.42 Å². The van der Waals surface area contributed by atoms with Crippen LogP contribution in [0.4, 0.5) is 0 Å². The van der Waals surface area contributed by atoms with Crippen molar-refractivity contribution in [2.75, 3.05) is 13.1 Å². The molecule has 0 aromatic carbocycles. The van der Waals surface area contributed by atoms with Gasteiger partial charge >= 0.3 is 0 Å². The highest BCUT2D eigenvalue weighted by molar-refractivity contribution is 9.12. The first-order valence-electron chi connectivity index (χ1n) is 3.85. The van der Waals surface area contributed by atoms with Crippen LogP contribution in [0.3, 0.4) is 0 Å². The van der Waals surface area contributed by atoms with Crippen molar-refractivity contribution >= 4 is 27.7 Å². The van der Waals surface area contributed by atoms with Gasteiger partial charge in [-0.15, -0.1) is 0 Å². The summed E-state index contributed by atoms with van der Waals surface area (Å²) >= 11 is 2.84. The molecule has 2 amide bonds. The Morgan fingerprint density at radius 3 is 2.69 bits per heavy atom. The van der Waals surface area contributed by atoms with Crippen LogP contribution in [0.25, 0.3) is 0 Å². The van der Waals surface area contributed by atoms with Crippen LogP contribution in [0.2, 0.25) is 0 Å². The normalized spacial score (nSPS) is 20.7. The van der Waals surface area contributed by atoms with Gasteiger partial charge in [0.25, 0.3) is 5.91 Å². The fourth-order valence-corrected chi connectivity index (χ4v) is 1.47. The van der Waals surface area contributed by atoms with E-state index in [0.717, 1.165) is 0 Å². The number of hydrogen-bond donors (Lipinski definition) is 1. The zero-order valence-corrected chi connectivity index (χ0v) is 8.50. The zero-order valence-electron chi connectivity index (χ0n) is 6.92. The van der Waals surface area contributed by atoms with Crippen LogP contribution in [0, 0.1) is 16.7 Å². The van der Waals surface area contributed by atoms with Crippen LogP contribution in [0.15, 0.2) is 0 Å². The molecule has 0 saturated carbocycles. The number of nitrogens with zero attached hydrogens (tertiary/aromatic N) is 1. The fraction of sp³-hybridized carbons (Fsp3) is 0.500. The van der Waals surface area contributed by atoms with Crippen LogP contribution in [-0.2, 0) is 9.59 Å². The van der Waals surface area contributed by atoms with Gasteiger partial charge in [-0.05, 0) is 11.3 Å². The molecule has 0 aromatic heterocycles. The third kappa shape index (κ3) is 2.46. The van der Waals surface area contributed by atoms with Crippen molar-refractivity contribution in [3.8, 4) is 10.8 Å². The highest BCUT2D eigenvalue weighted by atomic mass is 79.9. The number of halogens is 1. The molecule has 0 bridgehead atoms. The quantitative estimate of drug-likeness (QED) is 0.643. The molecule has 1 rings (SSSR count). The molecule has 70 valence electrons. The van der Waals surface area contributed by atoms with Crippen molar-refractivity contribution in [1.82, 2.24) is 4.90 Å². The molecule has 1 aliphatic heterocycles. The molecule has 1 atom stereocenters. The maximum Gasteiger partial charge on any atom is 0.299 e. The summed E-state index contributed by atoms with van der Waals surface area (Å²) in [7, 11) is 0. The van der Waals surface area contributed by atoms with E-state index in [0.29, 0.717) is 19.5 Å². The molecule has 1 unspecified atom stereocenters. The molecule has 0 aliphatic carbocycles. The number of likely N-dealkylation sites (tertiary alicyclic amines) is 1. The zero-order chi connectivity index (χ0) is 9.84. The van der Waals surface area contributed by atoms with Crippen LogP contribution in [-0.4, -0.2) is 29.8 Å². The van der Waals surface area contributed by atoms with Gasteiger partial charge in [0.1, 0.15) is 0 Å². The van der Waals surface area contributed by atoms with E-state index in [1.165, 1.54) is 4.90 Å². The topological polar surface area (TPSA) is 63.4 Å². The molecule has 1 aliphatic rings. The summed E-state index contributed by atoms with van der Waals surface area (Å²) < 4.78 is 0. The number of nitrogens with two attached hydrogens (primary N) is 1. The summed E-state index contributed by atoms with van der Waals surface area (Å²) in [6.45, 7) is 0.962. The minimum Gasteiger partial charge on any atom is -0.369 e. The minimum atomic E-state index is -0.345. The van der Waals surface area contributed by atoms with Gasteiger partial charge in [0.2, 0.25) is 5.91 Å². The average Bonchev–Trinajstić information content (AvgIpc) is 2.52. The van der Waals surface area contributed by atoms with E-state index in [4.69, 9.17) is 5.73 Å². The Labute approximate surface area is 84.6 Å². The summed E-state index contributed by atoms with van der Waals surface area (Å²) in [6, 6.07) is 0. The highest BCUT2D eigenvalue weighted by Gasteiger charge is 2.28. The van der Waals surface area contributed by atoms with Crippen molar-refractivity contribution in [1.29, 1.82) is 0 Å². The lowest BCUT2D eigenvalue weighted by Gasteiger charge is -2.10. The maximum atomic E-state index is 11.2. The molecule has 1 fully saturated rings. The molecule has 0 aromatic rings. The summed E-state index contributed by atoms with van der Waals surface area (Å²) in [5, 5.41) is 0. The number of carbonyl (C=O) groups excluding carboxylic acids is 2. The first-order valence-corrected chi connectivity index (χ1v) is 4.64. The molecular formula is C8H9BrN2O2. The first kappa shape index (κ1) is 10.1. The van der Waals surface area contributed by atoms with E-state index in [-0.39, 0.29) is 17.7 Å². The summed E-state index contributed by atoms with van der Waals surface area (Å²) in [5.74, 6) is 1.53. The van der Waals surface area contributed by atoms with Gasteiger partial charge in [-0.3, -0.25) is 9.59 Å². The number of primary amides is 1. The van der Waals surface area contributed by atoms with E-state index < -0.39 is 0 Å². The third-order valence-corrected chi connectivity index (χ3v) is 2.23. The van der Waals surface area contributed by atoms with Crippen LogP contribution >= 0.6 is 15.9 Å². The summed E-state index contributed by atoms with van der Waals surface area (Å²) in [5.41, 5.74) is 5.11. The number of amides is 2. The van der Waals surface area contributed by atoms with Crippen molar-refractivity contribution < 1.29 is 9.59 Å². The van der Waals surface area contributed by atoms with Crippen molar-refractivity contribution in [3.05, 3.63) is 0 Å². The second kappa shape index (κ2) is 4.28. The van der Waals surface area contributed by atoms with E-state index in [2.05, 4.69) is 26.7 Å². The van der Waals surface area contributed by atoms with E-state index in [1.54, 1.807) is 0 Å². The Morgan fingerprint density at radius 2 is 2.23 bits per heavy atom. The van der Waals surface area contributed by atoms with E-state index in [1.807, 2.05) is 0 Å². The van der Waals surface area contributed by atoms with Crippen molar-refractivity contribution in [2.45, 2.75) is 6.42 Å². The SMILES string of the molecule is NC(=O)C1CCN(C(=O)C#CBr)C1. The Kier molecular flexibility index (Phi) is 3.32. The van der Waals surface area contributed by atoms with Gasteiger partial charge in [-0.25, -0.2) is 0 Å². The van der Waals surface area contributed by atoms with Gasteiger partial charge in [-0.2, -0.15) is 0 Å². The lowest BCUT2D eigenvalue weighted by molar-refractivity contribution is -0.125. The number of carbonyl (C=O) groups is 2. The molecule has 0 radical (unpaired) electrons. The van der Waals surface area contributed by atoms with E-state index in [9.17, 15) is 9.59 Å². The fourth-order valence-electron chi connectivity index (χ4n) is 1.30. The Bertz CT molecular complexity index is 292.